The van der Waals surface area contributed by atoms with Crippen molar-refractivity contribution < 1.29 is 4.79 Å². The van der Waals surface area contributed by atoms with Crippen molar-refractivity contribution >= 4 is 11.6 Å². The molecule has 0 aliphatic rings. The number of anilines is 1. The lowest BCUT2D eigenvalue weighted by atomic mass is 10.2. The number of nitriles is 1. The number of hydrogen-bond acceptors (Lipinski definition) is 4. The Labute approximate surface area is 127 Å². The first-order valence-corrected chi connectivity index (χ1v) is 7.14. The topological polar surface area (TPSA) is 59.4 Å². The van der Waals surface area contributed by atoms with Crippen molar-refractivity contribution in [3.05, 3.63) is 29.8 Å². The predicted molar refractivity (Wildman–Crippen MR) is 85.1 cm³/mol. The minimum atomic E-state index is 0.0146. The van der Waals surface area contributed by atoms with Gasteiger partial charge in [-0.3, -0.25) is 4.79 Å². The van der Waals surface area contributed by atoms with E-state index >= 15 is 0 Å². The summed E-state index contributed by atoms with van der Waals surface area (Å²) in [5.41, 5.74) is 1.33. The Balaban J connectivity index is 2.23. The molecule has 1 N–H and O–H groups in total. The number of carbonyl (C=O) groups excluding carboxylic acids is 1. The minimum absolute atomic E-state index is 0.0146. The standard InChI is InChI=1S/C16H24N4O/c1-19(2)11-12-20(3)10-4-5-16(21)18-15-8-6-14(13-17)7-9-15/h6-9H,4-5,10-12H2,1-3H3,(H,18,21). The fourth-order valence-corrected chi connectivity index (χ4v) is 1.84. The van der Waals surface area contributed by atoms with Crippen LogP contribution in [0.15, 0.2) is 24.3 Å². The zero-order valence-electron chi connectivity index (χ0n) is 13.1. The number of hydrogen-bond donors (Lipinski definition) is 1. The van der Waals surface area contributed by atoms with Crippen LogP contribution in [-0.4, -0.2) is 56.5 Å². The van der Waals surface area contributed by atoms with Crippen molar-refractivity contribution in [2.45, 2.75) is 12.8 Å². The van der Waals surface area contributed by atoms with Gasteiger partial charge in [0.25, 0.3) is 0 Å². The third-order valence-corrected chi connectivity index (χ3v) is 3.17. The summed E-state index contributed by atoms with van der Waals surface area (Å²) in [6.45, 7) is 2.94. The smallest absolute Gasteiger partial charge is 0.224 e. The van der Waals surface area contributed by atoms with Crippen LogP contribution in [0.4, 0.5) is 5.69 Å². The van der Waals surface area contributed by atoms with Crippen LogP contribution in [0.3, 0.4) is 0 Å². The minimum Gasteiger partial charge on any atom is -0.326 e. The van der Waals surface area contributed by atoms with E-state index in [2.05, 4.69) is 42.3 Å². The van der Waals surface area contributed by atoms with E-state index in [4.69, 9.17) is 5.26 Å². The van der Waals surface area contributed by atoms with Crippen molar-refractivity contribution in [3.63, 3.8) is 0 Å². The van der Waals surface area contributed by atoms with E-state index in [-0.39, 0.29) is 5.91 Å². The average Bonchev–Trinajstić information content (AvgIpc) is 2.46. The van der Waals surface area contributed by atoms with E-state index in [1.807, 2.05) is 0 Å². The van der Waals surface area contributed by atoms with Gasteiger partial charge in [-0.1, -0.05) is 0 Å². The summed E-state index contributed by atoms with van der Waals surface area (Å²) in [6, 6.07) is 8.95. The van der Waals surface area contributed by atoms with Gasteiger partial charge in [0.15, 0.2) is 0 Å². The summed E-state index contributed by atoms with van der Waals surface area (Å²) < 4.78 is 0. The van der Waals surface area contributed by atoms with Gasteiger partial charge < -0.3 is 15.1 Å². The van der Waals surface area contributed by atoms with Crippen LogP contribution in [-0.2, 0) is 4.79 Å². The molecule has 1 aromatic rings. The van der Waals surface area contributed by atoms with Crippen molar-refractivity contribution in [3.8, 4) is 6.07 Å². The van der Waals surface area contributed by atoms with Crippen molar-refractivity contribution in [2.75, 3.05) is 46.1 Å². The normalized spacial score (nSPS) is 10.7. The van der Waals surface area contributed by atoms with Crippen LogP contribution >= 0.6 is 0 Å². The number of likely N-dealkylation sites (N-methyl/N-ethyl adjacent to an activating group) is 2. The van der Waals surface area contributed by atoms with Gasteiger partial charge in [0, 0.05) is 25.2 Å². The molecule has 1 rings (SSSR count). The SMILES string of the molecule is CN(C)CCN(C)CCCC(=O)Nc1ccc(C#N)cc1. The quantitative estimate of drug-likeness (QED) is 0.792. The highest BCUT2D eigenvalue weighted by atomic mass is 16.1. The van der Waals surface area contributed by atoms with Crippen LogP contribution in [0, 0.1) is 11.3 Å². The molecule has 0 saturated carbocycles. The summed E-state index contributed by atoms with van der Waals surface area (Å²) in [5, 5.41) is 11.6. The van der Waals surface area contributed by atoms with Crippen molar-refractivity contribution in [1.29, 1.82) is 5.26 Å². The Morgan fingerprint density at radius 1 is 1.14 bits per heavy atom. The zero-order chi connectivity index (χ0) is 15.7. The Morgan fingerprint density at radius 2 is 1.81 bits per heavy atom. The van der Waals surface area contributed by atoms with Crippen LogP contribution in [0.2, 0.25) is 0 Å². The average molecular weight is 288 g/mol. The van der Waals surface area contributed by atoms with Gasteiger partial charge in [-0.2, -0.15) is 5.26 Å². The molecule has 0 saturated heterocycles. The molecule has 1 aromatic carbocycles. The van der Waals surface area contributed by atoms with Crippen molar-refractivity contribution in [1.82, 2.24) is 9.80 Å². The molecule has 5 nitrogen and oxygen atoms in total. The van der Waals surface area contributed by atoms with Gasteiger partial charge >= 0.3 is 0 Å². The number of nitrogens with zero attached hydrogens (tertiary/aromatic N) is 3. The third-order valence-electron chi connectivity index (χ3n) is 3.17. The highest BCUT2D eigenvalue weighted by molar-refractivity contribution is 5.90. The van der Waals surface area contributed by atoms with E-state index < -0.39 is 0 Å². The lowest BCUT2D eigenvalue weighted by molar-refractivity contribution is -0.116. The van der Waals surface area contributed by atoms with Crippen LogP contribution < -0.4 is 5.32 Å². The Morgan fingerprint density at radius 3 is 2.38 bits per heavy atom. The van der Waals surface area contributed by atoms with Crippen LogP contribution in [0.5, 0.6) is 0 Å². The second kappa shape index (κ2) is 9.11. The molecule has 0 spiro atoms. The molecule has 114 valence electrons. The maximum absolute atomic E-state index is 11.8. The highest BCUT2D eigenvalue weighted by Crippen LogP contribution is 2.09. The van der Waals surface area contributed by atoms with Gasteiger partial charge in [0.1, 0.15) is 0 Å². The van der Waals surface area contributed by atoms with Crippen LogP contribution in [0.1, 0.15) is 18.4 Å². The Hall–Kier alpha value is -1.90. The monoisotopic (exact) mass is 288 g/mol. The maximum atomic E-state index is 11.8. The second-order valence-corrected chi connectivity index (χ2v) is 5.45. The van der Waals surface area contributed by atoms with Crippen LogP contribution in [0.25, 0.3) is 0 Å². The first-order chi connectivity index (χ1) is 10.0. The molecule has 21 heavy (non-hydrogen) atoms. The number of amides is 1. The third kappa shape index (κ3) is 7.45. The lowest BCUT2D eigenvalue weighted by Gasteiger charge is -2.18. The van der Waals surface area contributed by atoms with Gasteiger partial charge in [-0.05, 0) is 58.4 Å². The molecule has 0 bridgehead atoms. The summed E-state index contributed by atoms with van der Waals surface area (Å²) in [4.78, 5) is 16.2. The predicted octanol–water partition coefficient (Wildman–Crippen LogP) is 1.77. The molecule has 0 aliphatic heterocycles. The largest absolute Gasteiger partial charge is 0.326 e. The molecule has 0 atom stereocenters. The molecule has 0 radical (unpaired) electrons. The van der Waals surface area contributed by atoms with Crippen molar-refractivity contribution in [2.24, 2.45) is 0 Å². The van der Waals surface area contributed by atoms with Gasteiger partial charge in [0.05, 0.1) is 11.6 Å². The fourth-order valence-electron chi connectivity index (χ4n) is 1.84. The van der Waals surface area contributed by atoms with E-state index in [0.717, 1.165) is 31.7 Å². The fraction of sp³-hybridized carbons (Fsp3) is 0.500. The molecule has 0 unspecified atom stereocenters. The van der Waals surface area contributed by atoms with Gasteiger partial charge in [0.2, 0.25) is 5.91 Å². The van der Waals surface area contributed by atoms with Gasteiger partial charge in [-0.25, -0.2) is 0 Å². The van der Waals surface area contributed by atoms with E-state index in [9.17, 15) is 4.79 Å². The zero-order valence-corrected chi connectivity index (χ0v) is 13.1. The summed E-state index contributed by atoms with van der Waals surface area (Å²) in [7, 11) is 6.18. The molecule has 0 fully saturated rings. The Bertz CT molecular complexity index is 476. The molecule has 5 heteroatoms. The molecular formula is C16H24N4O. The lowest BCUT2D eigenvalue weighted by Crippen LogP contribution is -2.29. The number of rotatable bonds is 8. The Kier molecular flexibility index (Phi) is 7.44. The summed E-state index contributed by atoms with van der Waals surface area (Å²) >= 11 is 0. The molecule has 0 aromatic heterocycles. The first kappa shape index (κ1) is 17.2. The molecule has 1 amide bonds. The van der Waals surface area contributed by atoms with E-state index in [0.29, 0.717) is 12.0 Å². The second-order valence-electron chi connectivity index (χ2n) is 5.45. The maximum Gasteiger partial charge on any atom is 0.224 e. The molecule has 0 aliphatic carbocycles. The summed E-state index contributed by atoms with van der Waals surface area (Å²) in [6.07, 6.45) is 1.35. The van der Waals surface area contributed by atoms with Gasteiger partial charge in [-0.15, -0.1) is 0 Å². The summed E-state index contributed by atoms with van der Waals surface area (Å²) in [5.74, 6) is 0.0146. The molecular weight excluding hydrogens is 264 g/mol. The first-order valence-electron chi connectivity index (χ1n) is 7.14. The number of nitrogens with one attached hydrogen (secondary N) is 1. The number of carbonyl (C=O) groups is 1. The highest BCUT2D eigenvalue weighted by Gasteiger charge is 2.04. The number of benzene rings is 1. The van der Waals surface area contributed by atoms with E-state index in [1.54, 1.807) is 24.3 Å². The molecule has 0 heterocycles. The van der Waals surface area contributed by atoms with E-state index in [1.165, 1.54) is 0 Å².